The summed E-state index contributed by atoms with van der Waals surface area (Å²) in [4.78, 5) is 24.0. The lowest BCUT2D eigenvalue weighted by atomic mass is 10.1. The number of nitrogens with zero attached hydrogens (tertiary/aromatic N) is 2. The second-order valence-electron chi connectivity index (χ2n) is 4.01. The zero-order chi connectivity index (χ0) is 14.4. The number of nitrogen functional groups attached to an aromatic ring is 1. The van der Waals surface area contributed by atoms with Crippen LogP contribution in [-0.2, 0) is 0 Å². The summed E-state index contributed by atoms with van der Waals surface area (Å²) in [5.74, 6) is -0.527. The molecule has 3 N–H and O–H groups in total. The highest BCUT2D eigenvalue weighted by Gasteiger charge is 2.26. The van der Waals surface area contributed by atoms with E-state index >= 15 is 0 Å². The standard InChI is InChI=1S/C12H17N3O4/c1-2-6-14(7-8-16)12(17)11-9(13)4-3-5-10(11)15(18)19/h3-5,16H,2,6-8,13H2,1H3. The van der Waals surface area contributed by atoms with Gasteiger partial charge in [0.2, 0.25) is 0 Å². The van der Waals surface area contributed by atoms with Crippen LogP contribution in [0.3, 0.4) is 0 Å². The van der Waals surface area contributed by atoms with Gasteiger partial charge in [-0.15, -0.1) is 0 Å². The number of aliphatic hydroxyl groups is 1. The van der Waals surface area contributed by atoms with E-state index in [0.29, 0.717) is 13.0 Å². The molecule has 0 fully saturated rings. The van der Waals surface area contributed by atoms with E-state index in [2.05, 4.69) is 0 Å². The summed E-state index contributed by atoms with van der Waals surface area (Å²) in [5, 5.41) is 19.9. The van der Waals surface area contributed by atoms with Gasteiger partial charge < -0.3 is 15.7 Å². The van der Waals surface area contributed by atoms with Crippen molar-refractivity contribution in [2.45, 2.75) is 13.3 Å². The van der Waals surface area contributed by atoms with Gasteiger partial charge in [-0.2, -0.15) is 0 Å². The Morgan fingerprint density at radius 1 is 1.47 bits per heavy atom. The van der Waals surface area contributed by atoms with Crippen molar-refractivity contribution in [1.82, 2.24) is 4.90 Å². The molecule has 0 saturated heterocycles. The van der Waals surface area contributed by atoms with E-state index in [-0.39, 0.29) is 30.1 Å². The fraction of sp³-hybridized carbons (Fsp3) is 0.417. The Hall–Kier alpha value is -2.15. The maximum atomic E-state index is 12.3. The molecule has 0 aliphatic carbocycles. The molecule has 104 valence electrons. The lowest BCUT2D eigenvalue weighted by Crippen LogP contribution is -2.35. The van der Waals surface area contributed by atoms with E-state index in [4.69, 9.17) is 10.8 Å². The summed E-state index contributed by atoms with van der Waals surface area (Å²) in [6, 6.07) is 4.12. The SMILES string of the molecule is CCCN(CCO)C(=O)c1c(N)cccc1[N+](=O)[O-]. The van der Waals surface area contributed by atoms with Gasteiger partial charge in [-0.05, 0) is 12.5 Å². The lowest BCUT2D eigenvalue weighted by Gasteiger charge is -2.21. The summed E-state index contributed by atoms with van der Waals surface area (Å²) in [6.07, 6.45) is 0.687. The highest BCUT2D eigenvalue weighted by atomic mass is 16.6. The number of benzene rings is 1. The maximum Gasteiger partial charge on any atom is 0.284 e. The van der Waals surface area contributed by atoms with Gasteiger partial charge in [-0.1, -0.05) is 13.0 Å². The smallest absolute Gasteiger partial charge is 0.284 e. The van der Waals surface area contributed by atoms with E-state index in [1.807, 2.05) is 6.92 Å². The zero-order valence-corrected chi connectivity index (χ0v) is 10.7. The van der Waals surface area contributed by atoms with Crippen LogP contribution in [0.2, 0.25) is 0 Å². The van der Waals surface area contributed by atoms with Crippen molar-refractivity contribution in [3.8, 4) is 0 Å². The number of hydrogen-bond acceptors (Lipinski definition) is 5. The largest absolute Gasteiger partial charge is 0.398 e. The molecule has 1 amide bonds. The van der Waals surface area contributed by atoms with Crippen molar-refractivity contribution in [2.24, 2.45) is 0 Å². The first-order valence-electron chi connectivity index (χ1n) is 5.95. The third-order valence-corrected chi connectivity index (χ3v) is 2.64. The number of rotatable bonds is 6. The Balaban J connectivity index is 3.19. The van der Waals surface area contributed by atoms with E-state index in [1.165, 1.54) is 23.1 Å². The fourth-order valence-electron chi connectivity index (χ4n) is 1.81. The van der Waals surface area contributed by atoms with E-state index in [0.717, 1.165) is 0 Å². The Morgan fingerprint density at radius 3 is 2.68 bits per heavy atom. The fourth-order valence-corrected chi connectivity index (χ4v) is 1.81. The lowest BCUT2D eigenvalue weighted by molar-refractivity contribution is -0.385. The molecule has 0 spiro atoms. The molecule has 1 aromatic carbocycles. The number of nitro groups is 1. The van der Waals surface area contributed by atoms with Gasteiger partial charge in [0.15, 0.2) is 0 Å². The second-order valence-corrected chi connectivity index (χ2v) is 4.01. The Morgan fingerprint density at radius 2 is 2.16 bits per heavy atom. The summed E-state index contributed by atoms with van der Waals surface area (Å²) >= 11 is 0. The molecule has 0 aromatic heterocycles. The molecule has 1 rings (SSSR count). The van der Waals surface area contributed by atoms with Gasteiger partial charge >= 0.3 is 0 Å². The van der Waals surface area contributed by atoms with Gasteiger partial charge in [0.05, 0.1) is 17.2 Å². The molecule has 0 aliphatic heterocycles. The minimum Gasteiger partial charge on any atom is -0.398 e. The minimum absolute atomic E-state index is 0.0678. The van der Waals surface area contributed by atoms with Crippen LogP contribution in [0.1, 0.15) is 23.7 Å². The second kappa shape index (κ2) is 6.69. The molecule has 0 aliphatic rings. The average molecular weight is 267 g/mol. The summed E-state index contributed by atoms with van der Waals surface area (Å²) in [7, 11) is 0. The molecule has 0 atom stereocenters. The van der Waals surface area contributed by atoms with E-state index in [1.54, 1.807) is 0 Å². The third kappa shape index (κ3) is 3.41. The molecule has 0 saturated carbocycles. The third-order valence-electron chi connectivity index (χ3n) is 2.64. The number of aliphatic hydroxyl groups excluding tert-OH is 1. The molecule has 0 radical (unpaired) electrons. The zero-order valence-electron chi connectivity index (χ0n) is 10.7. The van der Waals surface area contributed by atoms with Crippen molar-refractivity contribution < 1.29 is 14.8 Å². The van der Waals surface area contributed by atoms with Crippen LogP contribution < -0.4 is 5.73 Å². The normalized spacial score (nSPS) is 10.2. The molecule has 19 heavy (non-hydrogen) atoms. The molecule has 1 aromatic rings. The van der Waals surface area contributed by atoms with Crippen LogP contribution in [-0.4, -0.2) is 40.5 Å². The molecule has 7 nitrogen and oxygen atoms in total. The number of nitrogens with two attached hydrogens (primary N) is 1. The van der Waals surface area contributed by atoms with Gasteiger partial charge in [-0.3, -0.25) is 14.9 Å². The molecular weight excluding hydrogens is 250 g/mol. The summed E-state index contributed by atoms with van der Waals surface area (Å²) < 4.78 is 0. The Labute approximate surface area is 110 Å². The first kappa shape index (κ1) is 14.9. The van der Waals surface area contributed by atoms with Crippen molar-refractivity contribution in [3.63, 3.8) is 0 Å². The van der Waals surface area contributed by atoms with E-state index in [9.17, 15) is 14.9 Å². The summed E-state index contributed by atoms with van der Waals surface area (Å²) in [5.41, 5.74) is 5.31. The van der Waals surface area contributed by atoms with Crippen LogP contribution in [0.4, 0.5) is 11.4 Å². The molecule has 7 heteroatoms. The number of nitro benzene ring substituents is 1. The first-order chi connectivity index (χ1) is 9.02. The van der Waals surface area contributed by atoms with Crippen LogP contribution in [0.15, 0.2) is 18.2 Å². The van der Waals surface area contributed by atoms with Crippen LogP contribution in [0.25, 0.3) is 0 Å². The monoisotopic (exact) mass is 267 g/mol. The molecule has 0 heterocycles. The van der Waals surface area contributed by atoms with Crippen LogP contribution in [0, 0.1) is 10.1 Å². The predicted octanol–water partition coefficient (Wildman–Crippen LogP) is 1.02. The quantitative estimate of drug-likeness (QED) is 0.454. The van der Waals surface area contributed by atoms with Gasteiger partial charge in [-0.25, -0.2) is 0 Å². The Bertz CT molecular complexity index is 470. The molecule has 0 bridgehead atoms. The topological polar surface area (TPSA) is 110 Å². The van der Waals surface area contributed by atoms with Crippen LogP contribution >= 0.6 is 0 Å². The van der Waals surface area contributed by atoms with Crippen molar-refractivity contribution in [1.29, 1.82) is 0 Å². The highest BCUT2D eigenvalue weighted by Crippen LogP contribution is 2.25. The van der Waals surface area contributed by atoms with Gasteiger partial charge in [0.25, 0.3) is 11.6 Å². The van der Waals surface area contributed by atoms with E-state index < -0.39 is 10.8 Å². The minimum atomic E-state index is -0.632. The van der Waals surface area contributed by atoms with Gasteiger partial charge in [0.1, 0.15) is 5.56 Å². The Kier molecular flexibility index (Phi) is 5.25. The maximum absolute atomic E-state index is 12.3. The van der Waals surface area contributed by atoms with Crippen LogP contribution in [0.5, 0.6) is 0 Å². The summed E-state index contributed by atoms with van der Waals surface area (Å²) in [6.45, 7) is 2.20. The van der Waals surface area contributed by atoms with Crippen molar-refractivity contribution >= 4 is 17.3 Å². The predicted molar refractivity (Wildman–Crippen MR) is 70.8 cm³/mol. The number of carbonyl (C=O) groups is 1. The molecule has 0 unspecified atom stereocenters. The highest BCUT2D eigenvalue weighted by molar-refractivity contribution is 6.03. The first-order valence-corrected chi connectivity index (χ1v) is 5.95. The number of hydrogen-bond donors (Lipinski definition) is 2. The number of anilines is 1. The van der Waals surface area contributed by atoms with Crippen molar-refractivity contribution in [3.05, 3.63) is 33.9 Å². The average Bonchev–Trinajstić information content (AvgIpc) is 2.37. The van der Waals surface area contributed by atoms with Gasteiger partial charge in [0, 0.05) is 19.2 Å². The number of amides is 1. The molecular formula is C12H17N3O4. The van der Waals surface area contributed by atoms with Crippen molar-refractivity contribution in [2.75, 3.05) is 25.4 Å². The number of carbonyl (C=O) groups excluding carboxylic acids is 1.